The zero-order valence-electron chi connectivity index (χ0n) is 10.6. The van der Waals surface area contributed by atoms with Crippen molar-refractivity contribution in [2.75, 3.05) is 20.7 Å². The fourth-order valence-electron chi connectivity index (χ4n) is 1.07. The average molecular weight is 297 g/mol. The van der Waals surface area contributed by atoms with Crippen molar-refractivity contribution in [3.05, 3.63) is 28.2 Å². The van der Waals surface area contributed by atoms with E-state index in [0.29, 0.717) is 12.2 Å². The molecular formula is C13H17BrN2O. The molecule has 0 atom stereocenters. The highest BCUT2D eigenvalue weighted by molar-refractivity contribution is 9.10. The molecule has 0 fully saturated rings. The Hall–Kier alpha value is -1.05. The molecular weight excluding hydrogens is 280 g/mol. The second-order valence-corrected chi connectivity index (χ2v) is 5.60. The number of nitrogens with zero attached hydrogens (tertiary/aromatic N) is 2. The molecule has 1 aromatic rings. The fraction of sp³-hybridized carbons (Fsp3) is 0.462. The second-order valence-electron chi connectivity index (χ2n) is 4.75. The molecule has 0 saturated carbocycles. The number of rotatable bonds is 4. The summed E-state index contributed by atoms with van der Waals surface area (Å²) in [5.41, 5.74) is 0.588. The molecule has 0 heterocycles. The van der Waals surface area contributed by atoms with E-state index in [9.17, 15) is 0 Å². The quantitative estimate of drug-likeness (QED) is 0.857. The van der Waals surface area contributed by atoms with Gasteiger partial charge in [0.1, 0.15) is 18.4 Å². The van der Waals surface area contributed by atoms with Crippen LogP contribution in [-0.4, -0.2) is 31.1 Å². The van der Waals surface area contributed by atoms with Gasteiger partial charge in [-0.25, -0.2) is 0 Å². The third-order valence-corrected chi connectivity index (χ3v) is 3.52. The van der Waals surface area contributed by atoms with Gasteiger partial charge >= 0.3 is 0 Å². The van der Waals surface area contributed by atoms with Crippen molar-refractivity contribution < 1.29 is 4.74 Å². The van der Waals surface area contributed by atoms with Crippen LogP contribution in [0.15, 0.2) is 22.7 Å². The maximum absolute atomic E-state index is 8.81. The lowest BCUT2D eigenvalue weighted by Crippen LogP contribution is -2.43. The van der Waals surface area contributed by atoms with Crippen LogP contribution >= 0.6 is 15.9 Å². The summed E-state index contributed by atoms with van der Waals surface area (Å²) in [5.74, 6) is 0.769. The normalized spacial score (nSPS) is 11.4. The Morgan fingerprint density at radius 3 is 2.53 bits per heavy atom. The molecule has 3 nitrogen and oxygen atoms in total. The van der Waals surface area contributed by atoms with Crippen LogP contribution in [-0.2, 0) is 0 Å². The topological polar surface area (TPSA) is 36.3 Å². The maximum atomic E-state index is 8.81. The summed E-state index contributed by atoms with van der Waals surface area (Å²) < 4.78 is 6.50. The first kappa shape index (κ1) is 14.0. The molecule has 17 heavy (non-hydrogen) atoms. The predicted molar refractivity (Wildman–Crippen MR) is 72.1 cm³/mol. The Balaban J connectivity index is 2.72. The molecule has 0 N–H and O–H groups in total. The van der Waals surface area contributed by atoms with E-state index in [4.69, 9.17) is 10.00 Å². The van der Waals surface area contributed by atoms with Crippen LogP contribution in [0.4, 0.5) is 0 Å². The molecule has 0 unspecified atom stereocenters. The minimum absolute atomic E-state index is 0.0274. The number of halogens is 1. The first-order valence-electron chi connectivity index (χ1n) is 5.37. The van der Waals surface area contributed by atoms with Crippen molar-refractivity contribution >= 4 is 15.9 Å². The highest BCUT2D eigenvalue weighted by atomic mass is 79.9. The smallest absolute Gasteiger partial charge is 0.120 e. The Morgan fingerprint density at radius 2 is 2.06 bits per heavy atom. The Morgan fingerprint density at radius 1 is 1.41 bits per heavy atom. The van der Waals surface area contributed by atoms with Gasteiger partial charge in [-0.15, -0.1) is 0 Å². The van der Waals surface area contributed by atoms with Gasteiger partial charge in [0.05, 0.1) is 5.56 Å². The van der Waals surface area contributed by atoms with Crippen LogP contribution in [0.5, 0.6) is 5.75 Å². The summed E-state index contributed by atoms with van der Waals surface area (Å²) in [4.78, 5) is 2.12. The van der Waals surface area contributed by atoms with Gasteiger partial charge < -0.3 is 9.64 Å². The summed E-state index contributed by atoms with van der Waals surface area (Å²) in [7, 11) is 4.05. The van der Waals surface area contributed by atoms with Gasteiger partial charge in [-0.1, -0.05) is 0 Å². The van der Waals surface area contributed by atoms with Crippen LogP contribution in [0.3, 0.4) is 0 Å². The molecule has 4 heteroatoms. The van der Waals surface area contributed by atoms with Crippen molar-refractivity contribution in [3.63, 3.8) is 0 Å². The molecule has 0 saturated heterocycles. The predicted octanol–water partition coefficient (Wildman–Crippen LogP) is 3.04. The Kier molecular flexibility index (Phi) is 4.55. The van der Waals surface area contributed by atoms with E-state index in [0.717, 1.165) is 10.2 Å². The number of benzene rings is 1. The van der Waals surface area contributed by atoms with Gasteiger partial charge in [-0.2, -0.15) is 5.26 Å². The molecule has 0 aliphatic heterocycles. The van der Waals surface area contributed by atoms with Gasteiger partial charge in [-0.05, 0) is 62.1 Å². The minimum Gasteiger partial charge on any atom is -0.492 e. The van der Waals surface area contributed by atoms with E-state index < -0.39 is 0 Å². The van der Waals surface area contributed by atoms with Crippen molar-refractivity contribution in [2.45, 2.75) is 19.4 Å². The lowest BCUT2D eigenvalue weighted by molar-refractivity contribution is 0.114. The fourth-order valence-corrected chi connectivity index (χ4v) is 1.51. The van der Waals surface area contributed by atoms with E-state index in [1.165, 1.54) is 0 Å². The summed E-state index contributed by atoms with van der Waals surface area (Å²) in [6.07, 6.45) is 0. The summed E-state index contributed by atoms with van der Waals surface area (Å²) in [6.45, 7) is 4.83. The Bertz CT molecular complexity index is 436. The zero-order valence-corrected chi connectivity index (χ0v) is 12.2. The summed E-state index contributed by atoms with van der Waals surface area (Å²) >= 11 is 3.34. The van der Waals surface area contributed by atoms with Crippen molar-refractivity contribution in [1.82, 2.24) is 4.90 Å². The van der Waals surface area contributed by atoms with E-state index in [1.807, 2.05) is 26.2 Å². The molecule has 0 aliphatic rings. The molecule has 0 spiro atoms. The first-order valence-corrected chi connectivity index (χ1v) is 6.16. The van der Waals surface area contributed by atoms with Gasteiger partial charge in [0.2, 0.25) is 0 Å². The summed E-state index contributed by atoms with van der Waals surface area (Å²) in [5, 5.41) is 8.81. The lowest BCUT2D eigenvalue weighted by atomic mass is 10.1. The van der Waals surface area contributed by atoms with E-state index >= 15 is 0 Å². The van der Waals surface area contributed by atoms with Gasteiger partial charge in [-0.3, -0.25) is 0 Å². The van der Waals surface area contributed by atoms with Crippen LogP contribution in [0, 0.1) is 11.3 Å². The highest BCUT2D eigenvalue weighted by Gasteiger charge is 2.21. The maximum Gasteiger partial charge on any atom is 0.120 e. The molecule has 92 valence electrons. The number of ether oxygens (including phenoxy) is 1. The second kappa shape index (κ2) is 5.52. The zero-order chi connectivity index (χ0) is 13.1. The molecule has 0 amide bonds. The number of likely N-dealkylation sites (N-methyl/N-ethyl adjacent to an activating group) is 1. The van der Waals surface area contributed by atoms with Gasteiger partial charge in [0.25, 0.3) is 0 Å². The van der Waals surface area contributed by atoms with Crippen LogP contribution in [0.1, 0.15) is 19.4 Å². The number of hydrogen-bond donors (Lipinski definition) is 0. The van der Waals surface area contributed by atoms with Crippen LogP contribution < -0.4 is 4.74 Å². The average Bonchev–Trinajstić information content (AvgIpc) is 2.26. The van der Waals surface area contributed by atoms with Crippen molar-refractivity contribution in [3.8, 4) is 11.8 Å². The molecule has 0 radical (unpaired) electrons. The van der Waals surface area contributed by atoms with E-state index in [1.54, 1.807) is 6.07 Å². The lowest BCUT2D eigenvalue weighted by Gasteiger charge is -2.32. The van der Waals surface area contributed by atoms with E-state index in [2.05, 4.69) is 40.7 Å². The standard InChI is InChI=1S/C13H17BrN2O/c1-13(2,16(3)4)9-17-11-6-5-10(8-15)12(14)7-11/h5-7H,9H2,1-4H3. The largest absolute Gasteiger partial charge is 0.492 e. The SMILES string of the molecule is CN(C)C(C)(C)COc1ccc(C#N)c(Br)c1. The van der Waals surface area contributed by atoms with E-state index in [-0.39, 0.29) is 5.54 Å². The molecule has 1 aromatic carbocycles. The first-order chi connectivity index (χ1) is 7.86. The Labute approximate surface area is 111 Å². The molecule has 0 bridgehead atoms. The molecule has 1 rings (SSSR count). The summed E-state index contributed by atoms with van der Waals surface area (Å²) in [6, 6.07) is 7.49. The minimum atomic E-state index is -0.0274. The number of nitriles is 1. The van der Waals surface area contributed by atoms with Crippen LogP contribution in [0.2, 0.25) is 0 Å². The molecule has 0 aliphatic carbocycles. The third-order valence-electron chi connectivity index (χ3n) is 2.86. The van der Waals surface area contributed by atoms with Gasteiger partial charge in [0.15, 0.2) is 0 Å². The van der Waals surface area contributed by atoms with Crippen molar-refractivity contribution in [2.24, 2.45) is 0 Å². The number of hydrogen-bond acceptors (Lipinski definition) is 3. The third kappa shape index (κ3) is 3.72. The molecule has 0 aromatic heterocycles. The van der Waals surface area contributed by atoms with Crippen molar-refractivity contribution in [1.29, 1.82) is 5.26 Å². The monoisotopic (exact) mass is 296 g/mol. The highest BCUT2D eigenvalue weighted by Crippen LogP contribution is 2.23. The van der Waals surface area contributed by atoms with Crippen LogP contribution in [0.25, 0.3) is 0 Å². The van der Waals surface area contributed by atoms with Gasteiger partial charge in [0, 0.05) is 10.0 Å².